The fourth-order valence-electron chi connectivity index (χ4n) is 3.38. The minimum Gasteiger partial charge on any atom is -0.478 e. The standard InChI is InChI=1S/C21H23ClN2O2/c1-23-12-13-24(19(22)15-23)21(17-7-3-2-4-8-17)18-9-5-6-16(14-18)10-11-20(25)26/h2-11,14,19,21H,12-13,15H2,1H3,(H,25,26)/b11-10+. The van der Waals surface area contributed by atoms with Gasteiger partial charge in [0.25, 0.3) is 0 Å². The molecule has 2 atom stereocenters. The van der Waals surface area contributed by atoms with E-state index in [-0.39, 0.29) is 11.5 Å². The van der Waals surface area contributed by atoms with Gasteiger partial charge in [-0.15, -0.1) is 11.6 Å². The SMILES string of the molecule is CN1CCN(C(c2ccccc2)c2cccc(/C=C/C(=O)O)c2)C(Cl)C1. The van der Waals surface area contributed by atoms with Crippen molar-refractivity contribution in [3.05, 3.63) is 77.4 Å². The van der Waals surface area contributed by atoms with Gasteiger partial charge in [0, 0.05) is 25.7 Å². The highest BCUT2D eigenvalue weighted by Crippen LogP contribution is 2.33. The number of likely N-dealkylation sites (N-methyl/N-ethyl adjacent to an activating group) is 1. The van der Waals surface area contributed by atoms with Gasteiger partial charge >= 0.3 is 5.97 Å². The number of rotatable bonds is 5. The summed E-state index contributed by atoms with van der Waals surface area (Å²) in [5.74, 6) is -0.949. The van der Waals surface area contributed by atoms with E-state index in [0.717, 1.165) is 36.8 Å². The molecule has 0 aromatic heterocycles. The van der Waals surface area contributed by atoms with E-state index in [1.807, 2.05) is 36.4 Å². The van der Waals surface area contributed by atoms with E-state index in [9.17, 15) is 4.79 Å². The number of aliphatic carboxylic acids is 1. The maximum atomic E-state index is 10.8. The van der Waals surface area contributed by atoms with Gasteiger partial charge in [-0.05, 0) is 35.9 Å². The zero-order chi connectivity index (χ0) is 18.5. The number of hydrogen-bond donors (Lipinski definition) is 1. The highest BCUT2D eigenvalue weighted by atomic mass is 35.5. The molecule has 5 heteroatoms. The van der Waals surface area contributed by atoms with Crippen LogP contribution in [0, 0.1) is 0 Å². The third-order valence-electron chi connectivity index (χ3n) is 4.65. The Kier molecular flexibility index (Phi) is 6.09. The molecule has 0 aliphatic carbocycles. The Morgan fingerprint density at radius 2 is 1.88 bits per heavy atom. The second kappa shape index (κ2) is 8.49. The van der Waals surface area contributed by atoms with E-state index in [1.165, 1.54) is 5.56 Å². The fraction of sp³-hybridized carbons (Fsp3) is 0.286. The molecule has 0 spiro atoms. The summed E-state index contributed by atoms with van der Waals surface area (Å²) in [6.45, 7) is 2.65. The van der Waals surface area contributed by atoms with Crippen LogP contribution in [-0.4, -0.2) is 53.1 Å². The van der Waals surface area contributed by atoms with Crippen molar-refractivity contribution in [3.63, 3.8) is 0 Å². The summed E-state index contributed by atoms with van der Waals surface area (Å²) in [6.07, 6.45) is 2.78. The molecular formula is C21H23ClN2O2. The molecule has 1 N–H and O–H groups in total. The molecule has 0 bridgehead atoms. The number of carbonyl (C=O) groups is 1. The van der Waals surface area contributed by atoms with Gasteiger partial charge < -0.3 is 10.0 Å². The topological polar surface area (TPSA) is 43.8 Å². The molecule has 3 rings (SSSR count). The number of nitrogens with zero attached hydrogens (tertiary/aromatic N) is 2. The zero-order valence-electron chi connectivity index (χ0n) is 14.8. The Morgan fingerprint density at radius 1 is 1.15 bits per heavy atom. The summed E-state index contributed by atoms with van der Waals surface area (Å²) in [4.78, 5) is 15.4. The Labute approximate surface area is 159 Å². The van der Waals surface area contributed by atoms with Gasteiger partial charge in [-0.2, -0.15) is 0 Å². The van der Waals surface area contributed by atoms with E-state index in [0.29, 0.717) is 0 Å². The Bertz CT molecular complexity index is 779. The average Bonchev–Trinajstić information content (AvgIpc) is 2.63. The van der Waals surface area contributed by atoms with Crippen LogP contribution in [0.4, 0.5) is 0 Å². The van der Waals surface area contributed by atoms with Crippen LogP contribution in [0.2, 0.25) is 0 Å². The van der Waals surface area contributed by atoms with Crippen molar-refractivity contribution in [3.8, 4) is 0 Å². The Morgan fingerprint density at radius 3 is 2.58 bits per heavy atom. The first kappa shape index (κ1) is 18.6. The van der Waals surface area contributed by atoms with Crippen LogP contribution < -0.4 is 0 Å². The predicted octanol–water partition coefficient (Wildman–Crippen LogP) is 3.69. The molecule has 1 fully saturated rings. The van der Waals surface area contributed by atoms with Gasteiger partial charge in [-0.3, -0.25) is 4.90 Å². The first-order chi connectivity index (χ1) is 12.5. The monoisotopic (exact) mass is 370 g/mol. The molecule has 0 amide bonds. The van der Waals surface area contributed by atoms with Crippen molar-refractivity contribution in [1.82, 2.24) is 9.80 Å². The molecule has 26 heavy (non-hydrogen) atoms. The number of piperazine rings is 1. The van der Waals surface area contributed by atoms with Crippen LogP contribution in [0.1, 0.15) is 22.7 Å². The van der Waals surface area contributed by atoms with Gasteiger partial charge in [-0.1, -0.05) is 48.5 Å². The number of carboxylic acid groups (broad SMARTS) is 1. The first-order valence-corrected chi connectivity index (χ1v) is 9.12. The van der Waals surface area contributed by atoms with Crippen molar-refractivity contribution in [2.75, 3.05) is 26.7 Å². The van der Waals surface area contributed by atoms with Crippen LogP contribution in [0.25, 0.3) is 6.08 Å². The summed E-state index contributed by atoms with van der Waals surface area (Å²) in [5, 5.41) is 8.88. The van der Waals surface area contributed by atoms with Gasteiger partial charge in [0.15, 0.2) is 0 Å². The maximum Gasteiger partial charge on any atom is 0.328 e. The highest BCUT2D eigenvalue weighted by Gasteiger charge is 2.31. The Balaban J connectivity index is 1.99. The minimum absolute atomic E-state index is 0.0329. The van der Waals surface area contributed by atoms with E-state index in [4.69, 9.17) is 16.7 Å². The molecule has 1 aliphatic rings. The molecule has 1 heterocycles. The molecule has 1 saturated heterocycles. The number of hydrogen-bond acceptors (Lipinski definition) is 3. The van der Waals surface area contributed by atoms with E-state index in [1.54, 1.807) is 6.08 Å². The van der Waals surface area contributed by atoms with Crippen LogP contribution in [0.5, 0.6) is 0 Å². The maximum absolute atomic E-state index is 10.8. The number of alkyl halides is 1. The summed E-state index contributed by atoms with van der Waals surface area (Å²) in [6, 6.07) is 18.3. The molecule has 2 aromatic rings. The Hall–Kier alpha value is -2.14. The molecule has 4 nitrogen and oxygen atoms in total. The number of halogens is 1. The quantitative estimate of drug-likeness (QED) is 0.495. The molecule has 2 unspecified atom stereocenters. The molecule has 1 aliphatic heterocycles. The molecule has 136 valence electrons. The van der Waals surface area contributed by atoms with E-state index >= 15 is 0 Å². The van der Waals surface area contributed by atoms with Crippen molar-refractivity contribution >= 4 is 23.6 Å². The third-order valence-corrected chi connectivity index (χ3v) is 5.04. The van der Waals surface area contributed by atoms with Crippen molar-refractivity contribution in [2.24, 2.45) is 0 Å². The van der Waals surface area contributed by atoms with E-state index < -0.39 is 5.97 Å². The number of benzene rings is 2. The lowest BCUT2D eigenvalue weighted by atomic mass is 9.95. The van der Waals surface area contributed by atoms with Crippen molar-refractivity contribution in [2.45, 2.75) is 11.5 Å². The predicted molar refractivity (Wildman–Crippen MR) is 105 cm³/mol. The lowest BCUT2D eigenvalue weighted by molar-refractivity contribution is -0.131. The smallest absolute Gasteiger partial charge is 0.328 e. The van der Waals surface area contributed by atoms with Crippen molar-refractivity contribution in [1.29, 1.82) is 0 Å². The highest BCUT2D eigenvalue weighted by molar-refractivity contribution is 6.20. The van der Waals surface area contributed by atoms with Gasteiger partial charge in [0.2, 0.25) is 0 Å². The summed E-state index contributed by atoms with van der Waals surface area (Å²) in [5.41, 5.74) is 3.07. The summed E-state index contributed by atoms with van der Waals surface area (Å²) >= 11 is 6.71. The fourth-order valence-corrected chi connectivity index (χ4v) is 3.83. The van der Waals surface area contributed by atoms with Crippen LogP contribution >= 0.6 is 11.6 Å². The van der Waals surface area contributed by atoms with Crippen LogP contribution in [0.3, 0.4) is 0 Å². The minimum atomic E-state index is -0.949. The van der Waals surface area contributed by atoms with Gasteiger partial charge in [-0.25, -0.2) is 4.79 Å². The van der Waals surface area contributed by atoms with E-state index in [2.05, 4.69) is 35.0 Å². The number of carboxylic acids is 1. The zero-order valence-corrected chi connectivity index (χ0v) is 15.5. The second-order valence-corrected chi connectivity index (χ2v) is 7.09. The van der Waals surface area contributed by atoms with Crippen LogP contribution in [0.15, 0.2) is 60.7 Å². The first-order valence-electron chi connectivity index (χ1n) is 8.69. The van der Waals surface area contributed by atoms with Gasteiger partial charge in [0.05, 0.1) is 11.5 Å². The largest absolute Gasteiger partial charge is 0.478 e. The lowest BCUT2D eigenvalue weighted by Crippen LogP contribution is -2.50. The second-order valence-electron chi connectivity index (χ2n) is 6.59. The molecule has 2 aromatic carbocycles. The van der Waals surface area contributed by atoms with Gasteiger partial charge in [0.1, 0.15) is 0 Å². The lowest BCUT2D eigenvalue weighted by Gasteiger charge is -2.42. The molecule has 0 saturated carbocycles. The molecule has 0 radical (unpaired) electrons. The van der Waals surface area contributed by atoms with Crippen molar-refractivity contribution < 1.29 is 9.90 Å². The summed E-state index contributed by atoms with van der Waals surface area (Å²) < 4.78 is 0. The normalized spacial score (nSPS) is 20.3. The summed E-state index contributed by atoms with van der Waals surface area (Å²) in [7, 11) is 2.08. The average molecular weight is 371 g/mol. The molecular weight excluding hydrogens is 348 g/mol. The third kappa shape index (κ3) is 4.52. The van der Waals surface area contributed by atoms with Crippen LogP contribution in [-0.2, 0) is 4.79 Å².